The van der Waals surface area contributed by atoms with Gasteiger partial charge in [-0.1, -0.05) is 26.2 Å². The Morgan fingerprint density at radius 2 is 2.00 bits per heavy atom. The van der Waals surface area contributed by atoms with Crippen molar-refractivity contribution in [1.82, 2.24) is 0 Å². The molecule has 0 amide bonds. The zero-order valence-corrected chi connectivity index (χ0v) is 8.20. The molecular formula is C9H20N2O2. The minimum Gasteiger partial charge on any atom is -0.480 e. The van der Waals surface area contributed by atoms with Gasteiger partial charge in [-0.25, -0.2) is 0 Å². The van der Waals surface area contributed by atoms with Crippen molar-refractivity contribution in [2.45, 2.75) is 51.1 Å². The lowest BCUT2D eigenvalue weighted by atomic mass is 10.0. The Bertz CT molecular complexity index is 151. The predicted octanol–water partition coefficient (Wildman–Crippen LogP) is 0.696. The van der Waals surface area contributed by atoms with Gasteiger partial charge in [0.15, 0.2) is 0 Å². The van der Waals surface area contributed by atoms with Crippen LogP contribution in [0, 0.1) is 0 Å². The molecule has 4 nitrogen and oxygen atoms in total. The zero-order valence-electron chi connectivity index (χ0n) is 8.20. The molecule has 0 rings (SSSR count). The largest absolute Gasteiger partial charge is 0.480 e. The summed E-state index contributed by atoms with van der Waals surface area (Å²) in [6.45, 7) is 2.12. The van der Waals surface area contributed by atoms with Crippen LogP contribution in [0.4, 0.5) is 0 Å². The minimum atomic E-state index is -0.967. The molecule has 2 unspecified atom stereocenters. The summed E-state index contributed by atoms with van der Waals surface area (Å²) in [5.41, 5.74) is 11.1. The molecule has 5 N–H and O–H groups in total. The van der Waals surface area contributed by atoms with Crippen molar-refractivity contribution in [2.75, 3.05) is 0 Å². The summed E-state index contributed by atoms with van der Waals surface area (Å²) in [6, 6.07) is -0.880. The highest BCUT2D eigenvalue weighted by Gasteiger charge is 2.15. The van der Waals surface area contributed by atoms with Crippen LogP contribution in [-0.4, -0.2) is 23.2 Å². The van der Waals surface area contributed by atoms with Crippen LogP contribution in [0.3, 0.4) is 0 Å². The maximum atomic E-state index is 10.4. The zero-order chi connectivity index (χ0) is 10.3. The molecular weight excluding hydrogens is 168 g/mol. The van der Waals surface area contributed by atoms with Crippen LogP contribution in [0.1, 0.15) is 39.0 Å². The van der Waals surface area contributed by atoms with E-state index in [9.17, 15) is 4.79 Å². The highest BCUT2D eigenvalue weighted by Crippen LogP contribution is 2.05. The summed E-state index contributed by atoms with van der Waals surface area (Å²) >= 11 is 0. The molecule has 0 saturated heterocycles. The number of rotatable bonds is 7. The molecule has 0 radical (unpaired) electrons. The second-order valence-corrected chi connectivity index (χ2v) is 3.44. The van der Waals surface area contributed by atoms with Crippen molar-refractivity contribution in [3.8, 4) is 0 Å². The van der Waals surface area contributed by atoms with Gasteiger partial charge in [-0.05, 0) is 12.8 Å². The molecule has 4 heteroatoms. The van der Waals surface area contributed by atoms with E-state index in [1.165, 1.54) is 0 Å². The molecule has 0 fully saturated rings. The van der Waals surface area contributed by atoms with E-state index in [-0.39, 0.29) is 6.04 Å². The summed E-state index contributed by atoms with van der Waals surface area (Å²) < 4.78 is 0. The van der Waals surface area contributed by atoms with Crippen molar-refractivity contribution < 1.29 is 9.90 Å². The fourth-order valence-electron chi connectivity index (χ4n) is 1.20. The minimum absolute atomic E-state index is 0.0716. The van der Waals surface area contributed by atoms with Crippen molar-refractivity contribution in [3.63, 3.8) is 0 Å². The number of carboxylic acids is 1. The lowest BCUT2D eigenvalue weighted by molar-refractivity contribution is -0.138. The van der Waals surface area contributed by atoms with Gasteiger partial charge in [0.1, 0.15) is 6.04 Å². The van der Waals surface area contributed by atoms with Gasteiger partial charge >= 0.3 is 5.97 Å². The Morgan fingerprint density at radius 1 is 1.38 bits per heavy atom. The molecule has 0 aliphatic carbocycles. The van der Waals surface area contributed by atoms with E-state index in [2.05, 4.69) is 6.92 Å². The van der Waals surface area contributed by atoms with E-state index >= 15 is 0 Å². The van der Waals surface area contributed by atoms with Crippen LogP contribution < -0.4 is 11.5 Å². The van der Waals surface area contributed by atoms with Gasteiger partial charge in [0.25, 0.3) is 0 Å². The summed E-state index contributed by atoms with van der Waals surface area (Å²) in [6.07, 6.45) is 4.60. The number of aliphatic carboxylic acids is 1. The third-order valence-electron chi connectivity index (χ3n) is 2.05. The normalized spacial score (nSPS) is 15.3. The molecule has 2 atom stereocenters. The van der Waals surface area contributed by atoms with Crippen LogP contribution >= 0.6 is 0 Å². The van der Waals surface area contributed by atoms with E-state index in [1.807, 2.05) is 0 Å². The smallest absolute Gasteiger partial charge is 0.320 e. The van der Waals surface area contributed by atoms with Gasteiger partial charge in [0.05, 0.1) is 0 Å². The molecule has 0 heterocycles. The van der Waals surface area contributed by atoms with Crippen LogP contribution in [0.25, 0.3) is 0 Å². The van der Waals surface area contributed by atoms with Gasteiger partial charge in [0, 0.05) is 6.04 Å². The Balaban J connectivity index is 3.49. The summed E-state index contributed by atoms with van der Waals surface area (Å²) in [5.74, 6) is -0.967. The fraction of sp³-hybridized carbons (Fsp3) is 0.889. The Morgan fingerprint density at radius 3 is 2.46 bits per heavy atom. The van der Waals surface area contributed by atoms with Crippen LogP contribution in [0.5, 0.6) is 0 Å². The first kappa shape index (κ1) is 12.4. The van der Waals surface area contributed by atoms with Gasteiger partial charge in [-0.3, -0.25) is 4.79 Å². The van der Waals surface area contributed by atoms with Crippen molar-refractivity contribution in [3.05, 3.63) is 0 Å². The molecule has 0 bridgehead atoms. The van der Waals surface area contributed by atoms with Gasteiger partial charge in [-0.2, -0.15) is 0 Å². The second kappa shape index (κ2) is 6.86. The SMILES string of the molecule is CCCCCC(N)CC(N)C(=O)O. The molecule has 0 aliphatic rings. The molecule has 78 valence electrons. The van der Waals surface area contributed by atoms with Gasteiger partial charge < -0.3 is 16.6 Å². The van der Waals surface area contributed by atoms with Crippen molar-refractivity contribution >= 4 is 5.97 Å². The molecule has 0 spiro atoms. The molecule has 0 aromatic rings. The first-order valence-corrected chi connectivity index (χ1v) is 4.81. The summed E-state index contributed by atoms with van der Waals surface area (Å²) in [5, 5.41) is 8.52. The number of carbonyl (C=O) groups is 1. The topological polar surface area (TPSA) is 89.3 Å². The van der Waals surface area contributed by atoms with E-state index in [4.69, 9.17) is 16.6 Å². The Hall–Kier alpha value is -0.610. The lowest BCUT2D eigenvalue weighted by Gasteiger charge is -2.13. The Labute approximate surface area is 79.3 Å². The number of nitrogens with two attached hydrogens (primary N) is 2. The third-order valence-corrected chi connectivity index (χ3v) is 2.05. The molecule has 0 aliphatic heterocycles. The fourth-order valence-corrected chi connectivity index (χ4v) is 1.20. The van der Waals surface area contributed by atoms with E-state index in [0.717, 1.165) is 25.7 Å². The maximum Gasteiger partial charge on any atom is 0.320 e. The van der Waals surface area contributed by atoms with Crippen LogP contribution in [0.15, 0.2) is 0 Å². The number of hydrogen-bond acceptors (Lipinski definition) is 3. The Kier molecular flexibility index (Phi) is 6.54. The number of carboxylic acid groups (broad SMARTS) is 1. The van der Waals surface area contributed by atoms with E-state index in [0.29, 0.717) is 6.42 Å². The molecule has 0 saturated carbocycles. The molecule has 0 aromatic carbocycles. The van der Waals surface area contributed by atoms with Crippen molar-refractivity contribution in [1.29, 1.82) is 0 Å². The van der Waals surface area contributed by atoms with Crippen LogP contribution in [-0.2, 0) is 4.79 Å². The average Bonchev–Trinajstić information content (AvgIpc) is 2.04. The third kappa shape index (κ3) is 6.54. The summed E-state index contributed by atoms with van der Waals surface area (Å²) in [4.78, 5) is 10.4. The van der Waals surface area contributed by atoms with E-state index in [1.54, 1.807) is 0 Å². The lowest BCUT2D eigenvalue weighted by Crippen LogP contribution is -2.37. The molecule has 0 aromatic heterocycles. The quantitative estimate of drug-likeness (QED) is 0.513. The average molecular weight is 188 g/mol. The monoisotopic (exact) mass is 188 g/mol. The highest BCUT2D eigenvalue weighted by atomic mass is 16.4. The van der Waals surface area contributed by atoms with E-state index < -0.39 is 12.0 Å². The standard InChI is InChI=1S/C9H20N2O2/c1-2-3-4-5-7(10)6-8(11)9(12)13/h7-8H,2-6,10-11H2,1H3,(H,12,13). The summed E-state index contributed by atoms with van der Waals surface area (Å²) in [7, 11) is 0. The highest BCUT2D eigenvalue weighted by molar-refractivity contribution is 5.73. The van der Waals surface area contributed by atoms with Crippen molar-refractivity contribution in [2.24, 2.45) is 11.5 Å². The number of unbranched alkanes of at least 4 members (excludes halogenated alkanes) is 2. The van der Waals surface area contributed by atoms with Gasteiger partial charge in [-0.15, -0.1) is 0 Å². The first-order chi connectivity index (χ1) is 6.07. The predicted molar refractivity (Wildman–Crippen MR) is 52.3 cm³/mol. The van der Waals surface area contributed by atoms with Gasteiger partial charge in [0.2, 0.25) is 0 Å². The first-order valence-electron chi connectivity index (χ1n) is 4.81. The molecule has 13 heavy (non-hydrogen) atoms. The van der Waals surface area contributed by atoms with Crippen LogP contribution in [0.2, 0.25) is 0 Å². The maximum absolute atomic E-state index is 10.4. The second-order valence-electron chi connectivity index (χ2n) is 3.44. The number of hydrogen-bond donors (Lipinski definition) is 3.